The average molecular weight is 458 g/mol. The van der Waals surface area contributed by atoms with E-state index in [0.717, 1.165) is 11.1 Å². The fourth-order valence-electron chi connectivity index (χ4n) is 2.92. The molecular formula is C22H15Cl3N4O. The highest BCUT2D eigenvalue weighted by Gasteiger charge is 2.20. The number of nitrogens with one attached hydrogen (secondary N) is 1. The van der Waals surface area contributed by atoms with Gasteiger partial charge in [-0.2, -0.15) is 0 Å². The van der Waals surface area contributed by atoms with E-state index in [2.05, 4.69) is 15.4 Å². The summed E-state index contributed by atoms with van der Waals surface area (Å²) in [6.07, 6.45) is 0. The van der Waals surface area contributed by atoms with Gasteiger partial charge in [0, 0.05) is 15.6 Å². The van der Waals surface area contributed by atoms with Gasteiger partial charge < -0.3 is 5.32 Å². The molecule has 0 aliphatic rings. The molecule has 0 bridgehead atoms. The molecule has 0 atom stereocenters. The van der Waals surface area contributed by atoms with Crippen LogP contribution in [0.1, 0.15) is 16.2 Å². The molecule has 1 amide bonds. The second kappa shape index (κ2) is 8.48. The number of rotatable bonds is 4. The molecule has 4 rings (SSSR count). The summed E-state index contributed by atoms with van der Waals surface area (Å²) in [5.41, 5.74) is 2.84. The van der Waals surface area contributed by atoms with E-state index >= 15 is 0 Å². The number of para-hydroxylation sites is 1. The van der Waals surface area contributed by atoms with Crippen LogP contribution in [0.2, 0.25) is 15.1 Å². The Hall–Kier alpha value is -2.86. The summed E-state index contributed by atoms with van der Waals surface area (Å²) in [6.45, 7) is 1.86. The first-order chi connectivity index (χ1) is 14.4. The molecule has 0 fully saturated rings. The van der Waals surface area contributed by atoms with Gasteiger partial charge in [0.1, 0.15) is 0 Å². The monoisotopic (exact) mass is 456 g/mol. The van der Waals surface area contributed by atoms with Crippen molar-refractivity contribution in [1.29, 1.82) is 0 Å². The van der Waals surface area contributed by atoms with Crippen molar-refractivity contribution in [1.82, 2.24) is 14.8 Å². The fraction of sp³-hybridized carbons (Fsp3) is 0.0455. The van der Waals surface area contributed by atoms with Gasteiger partial charge >= 0.3 is 0 Å². The Balaban J connectivity index is 1.77. The quantitative estimate of drug-likeness (QED) is 0.383. The van der Waals surface area contributed by atoms with Crippen LogP contribution in [0.5, 0.6) is 0 Å². The molecule has 0 saturated carbocycles. The molecule has 0 radical (unpaired) electrons. The third-order valence-corrected chi connectivity index (χ3v) is 5.26. The van der Waals surface area contributed by atoms with Crippen LogP contribution in [0.4, 0.5) is 5.69 Å². The van der Waals surface area contributed by atoms with Crippen LogP contribution in [0.3, 0.4) is 0 Å². The van der Waals surface area contributed by atoms with Crippen molar-refractivity contribution >= 4 is 46.4 Å². The number of anilines is 1. The Labute approximate surface area is 188 Å². The van der Waals surface area contributed by atoms with Gasteiger partial charge in [-0.3, -0.25) is 4.79 Å². The van der Waals surface area contributed by atoms with Gasteiger partial charge in [-0.25, -0.2) is 9.67 Å². The first-order valence-electron chi connectivity index (χ1n) is 8.98. The van der Waals surface area contributed by atoms with Gasteiger partial charge in [0.05, 0.1) is 16.4 Å². The Bertz CT molecular complexity index is 1140. The summed E-state index contributed by atoms with van der Waals surface area (Å²) in [5.74, 6) is 0.0402. The number of aryl methyl sites for hydroxylation is 1. The van der Waals surface area contributed by atoms with Crippen LogP contribution in [-0.4, -0.2) is 20.7 Å². The molecule has 4 aromatic rings. The van der Waals surface area contributed by atoms with Crippen LogP contribution in [-0.2, 0) is 0 Å². The first kappa shape index (κ1) is 20.4. The van der Waals surface area contributed by atoms with E-state index in [4.69, 9.17) is 34.8 Å². The van der Waals surface area contributed by atoms with E-state index in [1.165, 1.54) is 0 Å². The SMILES string of the molecule is Cc1cccc(Cl)c1NC(=O)c1nc(-c2ccc(Cl)cc2)n(-c2ccc(Cl)cc2)n1. The van der Waals surface area contributed by atoms with Crippen LogP contribution >= 0.6 is 34.8 Å². The second-order valence-corrected chi connectivity index (χ2v) is 7.82. The topological polar surface area (TPSA) is 59.8 Å². The van der Waals surface area contributed by atoms with Crippen molar-refractivity contribution in [2.24, 2.45) is 0 Å². The minimum Gasteiger partial charge on any atom is -0.318 e. The maximum Gasteiger partial charge on any atom is 0.295 e. The number of hydrogen-bond acceptors (Lipinski definition) is 3. The van der Waals surface area contributed by atoms with Crippen molar-refractivity contribution in [2.75, 3.05) is 5.32 Å². The Morgan fingerprint density at radius 1 is 0.900 bits per heavy atom. The van der Waals surface area contributed by atoms with Gasteiger partial charge in [0.2, 0.25) is 5.82 Å². The molecule has 3 aromatic carbocycles. The highest BCUT2D eigenvalue weighted by Crippen LogP contribution is 2.27. The molecule has 0 aliphatic heterocycles. The highest BCUT2D eigenvalue weighted by atomic mass is 35.5. The van der Waals surface area contributed by atoms with E-state index in [9.17, 15) is 4.79 Å². The van der Waals surface area contributed by atoms with Gasteiger partial charge in [-0.05, 0) is 67.1 Å². The lowest BCUT2D eigenvalue weighted by Crippen LogP contribution is -2.15. The maximum atomic E-state index is 12.9. The van der Waals surface area contributed by atoms with E-state index in [0.29, 0.717) is 32.3 Å². The predicted octanol–water partition coefficient (Wildman–Crippen LogP) is 6.46. The van der Waals surface area contributed by atoms with E-state index in [-0.39, 0.29) is 5.82 Å². The molecular weight excluding hydrogens is 443 g/mol. The van der Waals surface area contributed by atoms with Crippen LogP contribution in [0.25, 0.3) is 17.1 Å². The third kappa shape index (κ3) is 4.19. The molecule has 150 valence electrons. The van der Waals surface area contributed by atoms with Crippen molar-refractivity contribution in [3.63, 3.8) is 0 Å². The maximum absolute atomic E-state index is 12.9. The summed E-state index contributed by atoms with van der Waals surface area (Å²) < 4.78 is 1.59. The Morgan fingerprint density at radius 3 is 2.17 bits per heavy atom. The summed E-state index contributed by atoms with van der Waals surface area (Å²) in [7, 11) is 0. The van der Waals surface area contributed by atoms with Gasteiger partial charge in [-0.15, -0.1) is 5.10 Å². The van der Waals surface area contributed by atoms with Crippen LogP contribution in [0, 0.1) is 6.92 Å². The lowest BCUT2D eigenvalue weighted by atomic mass is 10.2. The number of aromatic nitrogens is 3. The summed E-state index contributed by atoms with van der Waals surface area (Å²) in [5, 5.41) is 8.88. The van der Waals surface area contributed by atoms with Gasteiger partial charge in [0.25, 0.3) is 5.91 Å². The standard InChI is InChI=1S/C22H15Cl3N4O/c1-13-3-2-4-18(25)19(13)26-22(30)20-27-21(14-5-7-15(23)8-6-14)29(28-20)17-11-9-16(24)10-12-17/h2-12H,1H3,(H,26,30). The summed E-state index contributed by atoms with van der Waals surface area (Å²) in [6, 6.07) is 19.6. The molecule has 0 aliphatic carbocycles. The number of benzene rings is 3. The first-order valence-corrected chi connectivity index (χ1v) is 10.1. The fourth-order valence-corrected chi connectivity index (χ4v) is 3.44. The smallest absolute Gasteiger partial charge is 0.295 e. The molecule has 5 nitrogen and oxygen atoms in total. The van der Waals surface area contributed by atoms with Crippen LogP contribution < -0.4 is 5.32 Å². The van der Waals surface area contributed by atoms with Gasteiger partial charge in [0.15, 0.2) is 5.82 Å². The van der Waals surface area contributed by atoms with Crippen molar-refractivity contribution < 1.29 is 4.79 Å². The number of amides is 1. The Morgan fingerprint density at radius 2 is 1.53 bits per heavy atom. The second-order valence-electron chi connectivity index (χ2n) is 6.54. The minimum atomic E-state index is -0.464. The largest absolute Gasteiger partial charge is 0.318 e. The van der Waals surface area contributed by atoms with Crippen molar-refractivity contribution in [3.8, 4) is 17.1 Å². The Kier molecular flexibility index (Phi) is 5.77. The van der Waals surface area contributed by atoms with Gasteiger partial charge in [-0.1, -0.05) is 46.9 Å². The molecule has 0 spiro atoms. The molecule has 30 heavy (non-hydrogen) atoms. The normalized spacial score (nSPS) is 10.8. The van der Waals surface area contributed by atoms with Crippen LogP contribution in [0.15, 0.2) is 66.7 Å². The number of carbonyl (C=O) groups excluding carboxylic acids is 1. The summed E-state index contributed by atoms with van der Waals surface area (Å²) in [4.78, 5) is 17.4. The predicted molar refractivity (Wildman–Crippen MR) is 121 cm³/mol. The highest BCUT2D eigenvalue weighted by molar-refractivity contribution is 6.34. The van der Waals surface area contributed by atoms with Crippen molar-refractivity contribution in [2.45, 2.75) is 6.92 Å². The number of hydrogen-bond donors (Lipinski definition) is 1. The van der Waals surface area contributed by atoms with E-state index in [1.807, 2.05) is 31.2 Å². The zero-order chi connectivity index (χ0) is 21.3. The minimum absolute atomic E-state index is 0.00854. The van der Waals surface area contributed by atoms with E-state index in [1.54, 1.807) is 47.1 Å². The molecule has 8 heteroatoms. The third-order valence-electron chi connectivity index (χ3n) is 4.44. The molecule has 1 N–H and O–H groups in total. The zero-order valence-corrected chi connectivity index (χ0v) is 18.0. The van der Waals surface area contributed by atoms with E-state index < -0.39 is 5.91 Å². The molecule has 1 aromatic heterocycles. The molecule has 0 unspecified atom stereocenters. The number of halogens is 3. The zero-order valence-electron chi connectivity index (χ0n) is 15.7. The summed E-state index contributed by atoms with van der Waals surface area (Å²) >= 11 is 18.3. The lowest BCUT2D eigenvalue weighted by molar-refractivity contribution is 0.101. The number of nitrogens with zero attached hydrogens (tertiary/aromatic N) is 3. The average Bonchev–Trinajstić information content (AvgIpc) is 3.17. The van der Waals surface area contributed by atoms with Crippen molar-refractivity contribution in [3.05, 3.63) is 93.2 Å². The molecule has 0 saturated heterocycles. The number of carbonyl (C=O) groups is 1. The molecule has 1 heterocycles. The lowest BCUT2D eigenvalue weighted by Gasteiger charge is -2.08.